The van der Waals surface area contributed by atoms with Crippen LogP contribution >= 0.6 is 0 Å². The Hall–Kier alpha value is -1.60. The fraction of sp³-hybridized carbons (Fsp3) is 0.500. The minimum atomic E-state index is -3.72. The molecule has 1 unspecified atom stereocenters. The van der Waals surface area contributed by atoms with Crippen molar-refractivity contribution in [2.24, 2.45) is 5.92 Å². The molecule has 0 aliphatic carbocycles. The highest BCUT2D eigenvalue weighted by atomic mass is 32.2. The van der Waals surface area contributed by atoms with Gasteiger partial charge < -0.3 is 5.11 Å². The average molecular weight is 312 g/mol. The summed E-state index contributed by atoms with van der Waals surface area (Å²) in [6, 6.07) is 4.75. The number of carboxylic acid groups (broad SMARTS) is 1. The molecule has 1 aliphatic heterocycles. The lowest BCUT2D eigenvalue weighted by molar-refractivity contribution is 0.0697. The van der Waals surface area contributed by atoms with Crippen molar-refractivity contribution < 1.29 is 18.3 Å². The molecule has 0 radical (unpaired) electrons. The summed E-state index contributed by atoms with van der Waals surface area (Å²) in [5.41, 5.74) is 0.626. The molecular weight excluding hydrogens is 292 g/mol. The number of nitrogens with zero attached hydrogens (tertiary/aromatic N) is 1. The molecule has 0 bridgehead atoms. The van der Waals surface area contributed by atoms with Crippen LogP contribution in [-0.4, -0.2) is 36.9 Å². The third kappa shape index (κ3) is 3.54. The van der Waals surface area contributed by atoms with Gasteiger partial charge in [-0.2, -0.15) is 12.7 Å². The van der Waals surface area contributed by atoms with Gasteiger partial charge in [0.1, 0.15) is 0 Å². The third-order valence-corrected chi connectivity index (χ3v) is 5.17. The van der Waals surface area contributed by atoms with Gasteiger partial charge in [-0.15, -0.1) is 0 Å². The second kappa shape index (κ2) is 6.03. The molecule has 0 saturated carbocycles. The molecule has 0 spiro atoms. The molecular formula is C14H20N2O4S. The van der Waals surface area contributed by atoms with Gasteiger partial charge in [0.2, 0.25) is 0 Å². The number of aryl methyl sites for hydroxylation is 1. The van der Waals surface area contributed by atoms with Gasteiger partial charge in [0.25, 0.3) is 0 Å². The number of hydrogen-bond acceptors (Lipinski definition) is 3. The molecule has 1 heterocycles. The Morgan fingerprint density at radius 1 is 1.43 bits per heavy atom. The number of carboxylic acids is 1. The van der Waals surface area contributed by atoms with E-state index in [1.54, 1.807) is 19.1 Å². The SMILES string of the molecule is Cc1cccc(NS(=O)(=O)N2CCCC(C)C2)c1C(=O)O. The van der Waals surface area contributed by atoms with Crippen LogP contribution in [0.15, 0.2) is 18.2 Å². The predicted octanol–water partition coefficient (Wildman–Crippen LogP) is 2.08. The van der Waals surface area contributed by atoms with Crippen LogP contribution in [0.3, 0.4) is 0 Å². The average Bonchev–Trinajstić information content (AvgIpc) is 2.37. The zero-order valence-corrected chi connectivity index (χ0v) is 13.0. The van der Waals surface area contributed by atoms with Crippen LogP contribution < -0.4 is 4.72 Å². The van der Waals surface area contributed by atoms with E-state index in [0.717, 1.165) is 12.8 Å². The van der Waals surface area contributed by atoms with Crippen molar-refractivity contribution in [3.8, 4) is 0 Å². The van der Waals surface area contributed by atoms with E-state index in [0.29, 0.717) is 24.6 Å². The fourth-order valence-corrected chi connectivity index (χ4v) is 4.00. The molecule has 1 atom stereocenters. The second-order valence-electron chi connectivity index (χ2n) is 5.52. The molecule has 1 aliphatic rings. The highest BCUT2D eigenvalue weighted by Crippen LogP contribution is 2.24. The van der Waals surface area contributed by atoms with Crippen molar-refractivity contribution in [1.29, 1.82) is 0 Å². The predicted molar refractivity (Wildman–Crippen MR) is 80.7 cm³/mol. The van der Waals surface area contributed by atoms with E-state index in [9.17, 15) is 18.3 Å². The van der Waals surface area contributed by atoms with Crippen LogP contribution in [-0.2, 0) is 10.2 Å². The molecule has 0 aromatic heterocycles. The van der Waals surface area contributed by atoms with E-state index < -0.39 is 16.2 Å². The number of anilines is 1. The van der Waals surface area contributed by atoms with Crippen molar-refractivity contribution in [2.75, 3.05) is 17.8 Å². The molecule has 21 heavy (non-hydrogen) atoms. The number of carbonyl (C=O) groups is 1. The Morgan fingerprint density at radius 2 is 2.14 bits per heavy atom. The number of rotatable bonds is 4. The van der Waals surface area contributed by atoms with E-state index in [1.165, 1.54) is 10.4 Å². The summed E-state index contributed by atoms with van der Waals surface area (Å²) in [7, 11) is -3.72. The van der Waals surface area contributed by atoms with Crippen LogP contribution in [0.25, 0.3) is 0 Å². The fourth-order valence-electron chi connectivity index (χ4n) is 2.60. The van der Waals surface area contributed by atoms with Crippen LogP contribution in [0, 0.1) is 12.8 Å². The summed E-state index contributed by atoms with van der Waals surface area (Å²) in [6.45, 7) is 4.58. The summed E-state index contributed by atoms with van der Waals surface area (Å²) in [5.74, 6) is -0.829. The Kier molecular flexibility index (Phi) is 4.53. The summed E-state index contributed by atoms with van der Waals surface area (Å²) in [4.78, 5) is 11.3. The van der Waals surface area contributed by atoms with E-state index in [2.05, 4.69) is 4.72 Å². The zero-order valence-electron chi connectivity index (χ0n) is 12.2. The third-order valence-electron chi connectivity index (χ3n) is 3.69. The molecule has 6 nitrogen and oxygen atoms in total. The summed E-state index contributed by atoms with van der Waals surface area (Å²) in [5, 5.41) is 9.25. The van der Waals surface area contributed by atoms with Crippen LogP contribution in [0.1, 0.15) is 35.7 Å². The van der Waals surface area contributed by atoms with Crippen LogP contribution in [0.5, 0.6) is 0 Å². The minimum Gasteiger partial charge on any atom is -0.478 e. The maximum absolute atomic E-state index is 12.4. The number of hydrogen-bond donors (Lipinski definition) is 2. The molecule has 1 aromatic carbocycles. The van der Waals surface area contributed by atoms with Gasteiger partial charge in [0.05, 0.1) is 11.3 Å². The first-order chi connectivity index (χ1) is 9.81. The monoisotopic (exact) mass is 312 g/mol. The number of aromatic carboxylic acids is 1. The maximum atomic E-state index is 12.4. The van der Waals surface area contributed by atoms with E-state index in [4.69, 9.17) is 0 Å². The van der Waals surface area contributed by atoms with Crippen molar-refractivity contribution in [2.45, 2.75) is 26.7 Å². The molecule has 1 aromatic rings. The molecule has 7 heteroatoms. The highest BCUT2D eigenvalue weighted by molar-refractivity contribution is 7.90. The number of piperidine rings is 1. The second-order valence-corrected chi connectivity index (χ2v) is 7.19. The number of benzene rings is 1. The first-order valence-electron chi connectivity index (χ1n) is 6.92. The molecule has 2 N–H and O–H groups in total. The summed E-state index contributed by atoms with van der Waals surface area (Å²) in [6.07, 6.45) is 1.83. The highest BCUT2D eigenvalue weighted by Gasteiger charge is 2.28. The lowest BCUT2D eigenvalue weighted by Crippen LogP contribution is -2.42. The topological polar surface area (TPSA) is 86.7 Å². The van der Waals surface area contributed by atoms with Crippen LogP contribution in [0.4, 0.5) is 5.69 Å². The minimum absolute atomic E-state index is 0.00821. The van der Waals surface area contributed by atoms with Crippen molar-refractivity contribution in [1.82, 2.24) is 4.31 Å². The molecule has 2 rings (SSSR count). The molecule has 0 amide bonds. The zero-order chi connectivity index (χ0) is 15.6. The van der Waals surface area contributed by atoms with E-state index in [1.807, 2.05) is 6.92 Å². The molecule has 1 saturated heterocycles. The Labute approximate surface area is 125 Å². The largest absolute Gasteiger partial charge is 0.478 e. The van der Waals surface area contributed by atoms with Gasteiger partial charge >= 0.3 is 16.2 Å². The maximum Gasteiger partial charge on any atom is 0.338 e. The van der Waals surface area contributed by atoms with E-state index in [-0.39, 0.29) is 11.3 Å². The molecule has 116 valence electrons. The van der Waals surface area contributed by atoms with Crippen molar-refractivity contribution in [3.05, 3.63) is 29.3 Å². The lowest BCUT2D eigenvalue weighted by Gasteiger charge is -2.30. The van der Waals surface area contributed by atoms with Gasteiger partial charge in [0, 0.05) is 13.1 Å². The Morgan fingerprint density at radius 3 is 2.76 bits per heavy atom. The van der Waals surface area contributed by atoms with E-state index >= 15 is 0 Å². The van der Waals surface area contributed by atoms with Crippen molar-refractivity contribution in [3.63, 3.8) is 0 Å². The first-order valence-corrected chi connectivity index (χ1v) is 8.36. The lowest BCUT2D eigenvalue weighted by atomic mass is 10.0. The Balaban J connectivity index is 2.29. The molecule has 1 fully saturated rings. The van der Waals surface area contributed by atoms with Gasteiger partial charge in [-0.25, -0.2) is 4.79 Å². The standard InChI is InChI=1S/C14H20N2O4S/c1-10-5-4-8-16(9-10)21(19,20)15-12-7-3-6-11(2)13(12)14(17)18/h3,6-7,10,15H,4-5,8-9H2,1-2H3,(H,17,18). The van der Waals surface area contributed by atoms with Crippen molar-refractivity contribution >= 4 is 21.9 Å². The van der Waals surface area contributed by atoms with Crippen LogP contribution in [0.2, 0.25) is 0 Å². The van der Waals surface area contributed by atoms with Gasteiger partial charge in [-0.1, -0.05) is 19.1 Å². The van der Waals surface area contributed by atoms with Gasteiger partial charge in [-0.3, -0.25) is 4.72 Å². The quantitative estimate of drug-likeness (QED) is 0.891. The smallest absolute Gasteiger partial charge is 0.338 e. The number of nitrogens with one attached hydrogen (secondary N) is 1. The summed E-state index contributed by atoms with van der Waals surface area (Å²) >= 11 is 0. The summed E-state index contributed by atoms with van der Waals surface area (Å²) < 4.78 is 28.6. The Bertz CT molecular complexity index is 642. The van der Waals surface area contributed by atoms with Gasteiger partial charge in [-0.05, 0) is 37.3 Å². The first kappa shape index (κ1) is 15.8. The van der Waals surface area contributed by atoms with Gasteiger partial charge in [0.15, 0.2) is 0 Å². The normalized spacial score (nSPS) is 20.2.